The van der Waals surface area contributed by atoms with E-state index in [1.54, 1.807) is 0 Å². The molecule has 1 amide bonds. The molecule has 2 fully saturated rings. The number of likely N-dealkylation sites (tertiary alicyclic amines) is 2. The Morgan fingerprint density at radius 1 is 0.929 bits per heavy atom. The van der Waals surface area contributed by atoms with E-state index in [0.717, 1.165) is 37.1 Å². The van der Waals surface area contributed by atoms with E-state index < -0.39 is 6.17 Å². The molecule has 4 rings (SSSR count). The third-order valence-corrected chi connectivity index (χ3v) is 6.28. The van der Waals surface area contributed by atoms with Crippen LogP contribution in [0.25, 0.3) is 0 Å². The van der Waals surface area contributed by atoms with Gasteiger partial charge in [0.2, 0.25) is 5.91 Å². The number of carbonyl (C=O) groups excluding carboxylic acids is 1. The lowest BCUT2D eigenvalue weighted by atomic mass is 9.87. The van der Waals surface area contributed by atoms with Gasteiger partial charge >= 0.3 is 0 Å². The van der Waals surface area contributed by atoms with E-state index in [9.17, 15) is 9.18 Å². The van der Waals surface area contributed by atoms with Crippen LogP contribution in [0.2, 0.25) is 0 Å². The molecule has 2 aromatic rings. The summed E-state index contributed by atoms with van der Waals surface area (Å²) in [6.45, 7) is 6.66. The SMILES string of the molecule is Cc1ccc(CN2CC[C@@H](N3CC[C@H](c4ccc(C)cc4)[C@@H](F)C3)C2=O)cc1. The largest absolute Gasteiger partial charge is 0.337 e. The number of rotatable bonds is 4. The molecule has 28 heavy (non-hydrogen) atoms. The number of nitrogens with zero attached hydrogens (tertiary/aromatic N) is 2. The van der Waals surface area contributed by atoms with Crippen molar-refractivity contribution in [2.24, 2.45) is 0 Å². The topological polar surface area (TPSA) is 23.6 Å². The Labute approximate surface area is 167 Å². The minimum absolute atomic E-state index is 0.0583. The fraction of sp³-hybridized carbons (Fsp3) is 0.458. The first kappa shape index (κ1) is 19.1. The molecule has 0 aliphatic carbocycles. The van der Waals surface area contributed by atoms with Crippen LogP contribution in [-0.4, -0.2) is 47.6 Å². The number of hydrogen-bond donors (Lipinski definition) is 0. The van der Waals surface area contributed by atoms with Crippen molar-refractivity contribution < 1.29 is 9.18 Å². The Morgan fingerprint density at radius 2 is 1.57 bits per heavy atom. The molecule has 2 saturated heterocycles. The van der Waals surface area contributed by atoms with Gasteiger partial charge in [-0.15, -0.1) is 0 Å². The van der Waals surface area contributed by atoms with Crippen molar-refractivity contribution in [2.45, 2.75) is 51.4 Å². The number of piperidine rings is 1. The van der Waals surface area contributed by atoms with Crippen molar-refractivity contribution in [1.82, 2.24) is 9.80 Å². The van der Waals surface area contributed by atoms with Gasteiger partial charge in [-0.05, 0) is 44.4 Å². The fourth-order valence-electron chi connectivity index (χ4n) is 4.53. The van der Waals surface area contributed by atoms with Gasteiger partial charge in [0.05, 0.1) is 6.04 Å². The Bertz CT molecular complexity index is 818. The summed E-state index contributed by atoms with van der Waals surface area (Å²) < 4.78 is 15.0. The van der Waals surface area contributed by atoms with Crippen molar-refractivity contribution in [2.75, 3.05) is 19.6 Å². The average Bonchev–Trinajstić information content (AvgIpc) is 3.05. The summed E-state index contributed by atoms with van der Waals surface area (Å²) in [6, 6.07) is 16.4. The summed E-state index contributed by atoms with van der Waals surface area (Å²) in [6.07, 6.45) is 0.647. The molecule has 0 aromatic heterocycles. The van der Waals surface area contributed by atoms with E-state index in [-0.39, 0.29) is 17.9 Å². The molecule has 0 bridgehead atoms. The zero-order valence-corrected chi connectivity index (χ0v) is 16.8. The van der Waals surface area contributed by atoms with E-state index in [2.05, 4.69) is 48.2 Å². The smallest absolute Gasteiger partial charge is 0.240 e. The van der Waals surface area contributed by atoms with Gasteiger partial charge in [0.15, 0.2) is 0 Å². The molecule has 0 saturated carbocycles. The maximum Gasteiger partial charge on any atom is 0.240 e. The van der Waals surface area contributed by atoms with Gasteiger partial charge in [0.25, 0.3) is 0 Å². The molecule has 0 N–H and O–H groups in total. The van der Waals surface area contributed by atoms with Crippen LogP contribution in [-0.2, 0) is 11.3 Å². The number of carbonyl (C=O) groups is 1. The highest BCUT2D eigenvalue weighted by molar-refractivity contribution is 5.84. The van der Waals surface area contributed by atoms with Gasteiger partial charge in [-0.2, -0.15) is 0 Å². The van der Waals surface area contributed by atoms with E-state index in [1.807, 2.05) is 24.0 Å². The van der Waals surface area contributed by atoms with Crippen LogP contribution in [0, 0.1) is 13.8 Å². The van der Waals surface area contributed by atoms with E-state index in [0.29, 0.717) is 13.1 Å². The summed E-state index contributed by atoms with van der Waals surface area (Å²) in [5.74, 6) is 0.0959. The second-order valence-electron chi connectivity index (χ2n) is 8.37. The molecule has 4 heteroatoms. The Hall–Kier alpha value is -2.20. The van der Waals surface area contributed by atoms with Crippen LogP contribution < -0.4 is 0 Å². The number of alkyl halides is 1. The lowest BCUT2D eigenvalue weighted by Gasteiger charge is -2.37. The molecule has 3 nitrogen and oxygen atoms in total. The quantitative estimate of drug-likeness (QED) is 0.792. The van der Waals surface area contributed by atoms with Crippen LogP contribution in [0.4, 0.5) is 4.39 Å². The number of halogens is 1. The van der Waals surface area contributed by atoms with Gasteiger partial charge in [-0.1, -0.05) is 59.7 Å². The van der Waals surface area contributed by atoms with Gasteiger partial charge in [0, 0.05) is 25.6 Å². The van der Waals surface area contributed by atoms with Crippen molar-refractivity contribution in [3.8, 4) is 0 Å². The molecule has 148 valence electrons. The van der Waals surface area contributed by atoms with E-state index in [1.165, 1.54) is 11.1 Å². The third-order valence-electron chi connectivity index (χ3n) is 6.28. The zero-order chi connectivity index (χ0) is 19.7. The van der Waals surface area contributed by atoms with E-state index in [4.69, 9.17) is 0 Å². The van der Waals surface area contributed by atoms with Crippen LogP contribution in [0.3, 0.4) is 0 Å². The lowest BCUT2D eigenvalue weighted by Crippen LogP contribution is -2.49. The highest BCUT2D eigenvalue weighted by Crippen LogP contribution is 2.33. The summed E-state index contributed by atoms with van der Waals surface area (Å²) in [5.41, 5.74) is 4.65. The molecule has 3 atom stereocenters. The van der Waals surface area contributed by atoms with Gasteiger partial charge in [0.1, 0.15) is 6.17 Å². The molecule has 0 unspecified atom stereocenters. The predicted octanol–water partition coefficient (Wildman–Crippen LogP) is 4.23. The van der Waals surface area contributed by atoms with Crippen molar-refractivity contribution in [1.29, 1.82) is 0 Å². The van der Waals surface area contributed by atoms with Gasteiger partial charge < -0.3 is 4.90 Å². The van der Waals surface area contributed by atoms with Crippen LogP contribution in [0.1, 0.15) is 41.0 Å². The maximum absolute atomic E-state index is 15.0. The van der Waals surface area contributed by atoms with Crippen molar-refractivity contribution in [3.63, 3.8) is 0 Å². The van der Waals surface area contributed by atoms with Crippen LogP contribution >= 0.6 is 0 Å². The van der Waals surface area contributed by atoms with Gasteiger partial charge in [-0.3, -0.25) is 9.69 Å². The zero-order valence-electron chi connectivity index (χ0n) is 16.8. The normalized spacial score (nSPS) is 26.0. The Balaban J connectivity index is 1.37. The molecule has 2 aliphatic heterocycles. The first-order valence-electron chi connectivity index (χ1n) is 10.3. The average molecular weight is 381 g/mol. The maximum atomic E-state index is 15.0. The highest BCUT2D eigenvalue weighted by atomic mass is 19.1. The molecule has 0 spiro atoms. The first-order valence-corrected chi connectivity index (χ1v) is 10.3. The molecule has 0 radical (unpaired) electrons. The summed E-state index contributed by atoms with van der Waals surface area (Å²) >= 11 is 0. The Kier molecular flexibility index (Phi) is 5.49. The fourth-order valence-corrected chi connectivity index (χ4v) is 4.53. The minimum atomic E-state index is -0.921. The number of aryl methyl sites for hydroxylation is 2. The number of amides is 1. The monoisotopic (exact) mass is 380 g/mol. The third kappa shape index (κ3) is 3.97. The second-order valence-corrected chi connectivity index (χ2v) is 8.37. The summed E-state index contributed by atoms with van der Waals surface area (Å²) in [5, 5.41) is 0. The highest BCUT2D eigenvalue weighted by Gasteiger charge is 2.40. The van der Waals surface area contributed by atoms with Crippen LogP contribution in [0.15, 0.2) is 48.5 Å². The Morgan fingerprint density at radius 3 is 2.21 bits per heavy atom. The lowest BCUT2D eigenvalue weighted by molar-refractivity contribution is -0.133. The molecule has 2 heterocycles. The first-order chi connectivity index (χ1) is 13.5. The summed E-state index contributed by atoms with van der Waals surface area (Å²) in [4.78, 5) is 16.9. The van der Waals surface area contributed by atoms with Crippen molar-refractivity contribution in [3.05, 3.63) is 70.8 Å². The second kappa shape index (κ2) is 8.04. The molecule has 2 aliphatic rings. The van der Waals surface area contributed by atoms with Crippen LogP contribution in [0.5, 0.6) is 0 Å². The minimum Gasteiger partial charge on any atom is -0.337 e. The summed E-state index contributed by atoms with van der Waals surface area (Å²) in [7, 11) is 0. The molecular formula is C24H29FN2O. The molecule has 2 aromatic carbocycles. The number of hydrogen-bond acceptors (Lipinski definition) is 2. The van der Waals surface area contributed by atoms with Crippen molar-refractivity contribution >= 4 is 5.91 Å². The predicted molar refractivity (Wildman–Crippen MR) is 110 cm³/mol. The standard InChI is InChI=1S/C24H29FN2O/c1-17-3-7-19(8-4-17)15-27-14-12-23(24(27)28)26-13-11-21(22(25)16-26)20-9-5-18(2)6-10-20/h3-10,21-23H,11-16H2,1-2H3/t21-,22+,23-/m1/s1. The molecular weight excluding hydrogens is 351 g/mol. The van der Waals surface area contributed by atoms with Gasteiger partial charge in [-0.25, -0.2) is 4.39 Å². The van der Waals surface area contributed by atoms with E-state index >= 15 is 0 Å². The number of benzene rings is 2.